The average molecular weight is 390 g/mol. The van der Waals surface area contributed by atoms with Gasteiger partial charge in [0.25, 0.3) is 0 Å². The number of anilines is 1. The first-order valence-corrected chi connectivity index (χ1v) is 9.46. The van der Waals surface area contributed by atoms with Gasteiger partial charge in [-0.15, -0.1) is 22.7 Å². The minimum Gasteiger partial charge on any atom is -0.496 e. The molecule has 6 nitrogen and oxygen atoms in total. The number of aromatic nitrogens is 1. The van der Waals surface area contributed by atoms with Crippen LogP contribution in [-0.4, -0.2) is 32.5 Å². The summed E-state index contributed by atoms with van der Waals surface area (Å²) in [5.74, 6) is 1.85. The van der Waals surface area contributed by atoms with E-state index in [4.69, 9.17) is 14.2 Å². The fraction of sp³-hybridized carbons (Fsp3) is 0.222. The second kappa shape index (κ2) is 8.20. The van der Waals surface area contributed by atoms with Crippen molar-refractivity contribution < 1.29 is 14.2 Å². The molecule has 26 heavy (non-hydrogen) atoms. The molecule has 0 saturated carbocycles. The Hall–Kier alpha value is -2.58. The van der Waals surface area contributed by atoms with Gasteiger partial charge < -0.3 is 14.2 Å². The van der Waals surface area contributed by atoms with Gasteiger partial charge in [0.15, 0.2) is 11.5 Å². The molecule has 0 fully saturated rings. The molecule has 1 N–H and O–H groups in total. The lowest BCUT2D eigenvalue weighted by molar-refractivity contribution is 0.349. The molecule has 0 aliphatic carbocycles. The van der Waals surface area contributed by atoms with E-state index in [2.05, 4.69) is 28.5 Å². The number of thiophene rings is 1. The van der Waals surface area contributed by atoms with Crippen LogP contribution in [-0.2, 0) is 0 Å². The first-order chi connectivity index (χ1) is 12.7. The van der Waals surface area contributed by atoms with Crippen molar-refractivity contribution in [3.63, 3.8) is 0 Å². The maximum absolute atomic E-state index is 5.40. The van der Waals surface area contributed by atoms with E-state index in [0.29, 0.717) is 17.2 Å². The molecule has 2 heterocycles. The second-order valence-corrected chi connectivity index (χ2v) is 7.37. The van der Waals surface area contributed by atoms with Crippen LogP contribution >= 0.6 is 22.7 Å². The fourth-order valence-electron chi connectivity index (χ4n) is 2.40. The normalized spacial score (nSPS) is 10.9. The number of nitrogens with one attached hydrogen (secondary N) is 1. The van der Waals surface area contributed by atoms with Crippen molar-refractivity contribution in [3.8, 4) is 27.8 Å². The van der Waals surface area contributed by atoms with Crippen LogP contribution in [0.5, 0.6) is 17.2 Å². The summed E-state index contributed by atoms with van der Waals surface area (Å²) >= 11 is 3.24. The van der Waals surface area contributed by atoms with Crippen molar-refractivity contribution in [2.24, 2.45) is 5.10 Å². The van der Waals surface area contributed by atoms with Gasteiger partial charge in [0.2, 0.25) is 5.13 Å². The van der Waals surface area contributed by atoms with E-state index < -0.39 is 0 Å². The summed E-state index contributed by atoms with van der Waals surface area (Å²) < 4.78 is 16.0. The third-order valence-electron chi connectivity index (χ3n) is 3.65. The Kier molecular flexibility index (Phi) is 5.75. The number of ether oxygens (including phenoxy) is 3. The van der Waals surface area contributed by atoms with E-state index in [-0.39, 0.29) is 0 Å². The number of methoxy groups -OCH3 is 3. The Labute approximate surface area is 160 Å². The molecule has 0 aliphatic rings. The van der Waals surface area contributed by atoms with Crippen molar-refractivity contribution in [1.29, 1.82) is 0 Å². The standard InChI is InChI=1S/C18H19N3O3S2/c1-11-17(16-6-5-7-25-16)20-18(26-11)21-19-10-12-8-14(23-3)15(24-4)9-13(12)22-2/h5-10H,1-4H3,(H,20,21)/b19-10-. The highest BCUT2D eigenvalue weighted by Crippen LogP contribution is 2.34. The Morgan fingerprint density at radius 1 is 1.08 bits per heavy atom. The van der Waals surface area contributed by atoms with Crippen LogP contribution in [0.3, 0.4) is 0 Å². The van der Waals surface area contributed by atoms with Crippen molar-refractivity contribution in [3.05, 3.63) is 40.1 Å². The monoisotopic (exact) mass is 389 g/mol. The maximum atomic E-state index is 5.40. The van der Waals surface area contributed by atoms with E-state index in [1.54, 1.807) is 56.3 Å². The van der Waals surface area contributed by atoms with Crippen molar-refractivity contribution >= 4 is 34.0 Å². The SMILES string of the molecule is COc1cc(OC)c(OC)cc1/C=N\Nc1nc(-c2cccs2)c(C)s1. The highest BCUT2D eigenvalue weighted by Gasteiger charge is 2.12. The Morgan fingerprint density at radius 3 is 2.46 bits per heavy atom. The van der Waals surface area contributed by atoms with Gasteiger partial charge in [-0.2, -0.15) is 5.10 Å². The van der Waals surface area contributed by atoms with E-state index in [9.17, 15) is 0 Å². The zero-order valence-corrected chi connectivity index (χ0v) is 16.5. The lowest BCUT2D eigenvalue weighted by Crippen LogP contribution is -1.97. The molecule has 1 aromatic carbocycles. The number of aryl methyl sites for hydroxylation is 1. The summed E-state index contributed by atoms with van der Waals surface area (Å²) in [6, 6.07) is 7.66. The van der Waals surface area contributed by atoms with E-state index in [0.717, 1.165) is 26.1 Å². The number of benzene rings is 1. The summed E-state index contributed by atoms with van der Waals surface area (Å²) in [6.07, 6.45) is 1.67. The summed E-state index contributed by atoms with van der Waals surface area (Å²) in [5.41, 5.74) is 4.75. The lowest BCUT2D eigenvalue weighted by Gasteiger charge is -2.11. The third-order valence-corrected chi connectivity index (χ3v) is 5.40. The van der Waals surface area contributed by atoms with Crippen molar-refractivity contribution in [2.45, 2.75) is 6.92 Å². The van der Waals surface area contributed by atoms with E-state index in [1.165, 1.54) is 0 Å². The van der Waals surface area contributed by atoms with Gasteiger partial charge in [-0.25, -0.2) is 4.98 Å². The first kappa shape index (κ1) is 18.2. The van der Waals surface area contributed by atoms with Crippen LogP contribution in [0.2, 0.25) is 0 Å². The Morgan fingerprint density at radius 2 is 1.81 bits per heavy atom. The molecule has 0 bridgehead atoms. The molecule has 3 rings (SSSR count). The molecule has 0 saturated heterocycles. The largest absolute Gasteiger partial charge is 0.496 e. The first-order valence-electron chi connectivity index (χ1n) is 7.76. The van der Waals surface area contributed by atoms with Crippen LogP contribution < -0.4 is 19.6 Å². The topological polar surface area (TPSA) is 65.0 Å². The Balaban J connectivity index is 1.80. The van der Waals surface area contributed by atoms with Crippen LogP contribution in [0, 0.1) is 6.92 Å². The molecule has 136 valence electrons. The van der Waals surface area contributed by atoms with E-state index in [1.807, 2.05) is 17.5 Å². The molecule has 3 aromatic rings. The number of hydrogen-bond acceptors (Lipinski definition) is 8. The molecule has 0 radical (unpaired) electrons. The zero-order chi connectivity index (χ0) is 18.5. The fourth-order valence-corrected chi connectivity index (χ4v) is 4.01. The predicted molar refractivity (Wildman–Crippen MR) is 107 cm³/mol. The van der Waals surface area contributed by atoms with Gasteiger partial charge in [-0.3, -0.25) is 5.43 Å². The predicted octanol–water partition coefficient (Wildman–Crippen LogP) is 4.65. The van der Waals surface area contributed by atoms with Crippen LogP contribution in [0.4, 0.5) is 5.13 Å². The van der Waals surface area contributed by atoms with Crippen LogP contribution in [0.15, 0.2) is 34.7 Å². The minimum atomic E-state index is 0.602. The lowest BCUT2D eigenvalue weighted by atomic mass is 10.2. The van der Waals surface area contributed by atoms with Gasteiger partial charge in [-0.1, -0.05) is 6.07 Å². The van der Waals surface area contributed by atoms with Crippen LogP contribution in [0.1, 0.15) is 10.4 Å². The molecule has 8 heteroatoms. The maximum Gasteiger partial charge on any atom is 0.204 e. The Bertz CT molecular complexity index is 905. The summed E-state index contributed by atoms with van der Waals surface area (Å²) in [7, 11) is 4.78. The number of rotatable bonds is 7. The van der Waals surface area contributed by atoms with Crippen LogP contribution in [0.25, 0.3) is 10.6 Å². The van der Waals surface area contributed by atoms with Crippen molar-refractivity contribution in [1.82, 2.24) is 4.98 Å². The van der Waals surface area contributed by atoms with Gasteiger partial charge in [0, 0.05) is 16.5 Å². The third kappa shape index (κ3) is 3.81. The van der Waals surface area contributed by atoms with E-state index >= 15 is 0 Å². The van der Waals surface area contributed by atoms with Gasteiger partial charge in [0.1, 0.15) is 5.75 Å². The van der Waals surface area contributed by atoms with Gasteiger partial charge in [0.05, 0.1) is 38.1 Å². The molecule has 0 amide bonds. The number of hydrogen-bond donors (Lipinski definition) is 1. The second-order valence-electron chi connectivity index (χ2n) is 5.22. The summed E-state index contributed by atoms with van der Waals surface area (Å²) in [4.78, 5) is 6.91. The molecule has 0 unspecified atom stereocenters. The molecule has 0 atom stereocenters. The van der Waals surface area contributed by atoms with Crippen molar-refractivity contribution in [2.75, 3.05) is 26.8 Å². The molecule has 2 aromatic heterocycles. The highest BCUT2D eigenvalue weighted by atomic mass is 32.1. The summed E-state index contributed by atoms with van der Waals surface area (Å²) in [5, 5.41) is 7.07. The number of thiazole rings is 1. The molecular weight excluding hydrogens is 370 g/mol. The molecule has 0 aliphatic heterocycles. The smallest absolute Gasteiger partial charge is 0.204 e. The minimum absolute atomic E-state index is 0.602. The quantitative estimate of drug-likeness (QED) is 0.471. The van der Waals surface area contributed by atoms with Gasteiger partial charge >= 0.3 is 0 Å². The average Bonchev–Trinajstić information content (AvgIpc) is 3.30. The molecular formula is C18H19N3O3S2. The number of nitrogens with zero attached hydrogens (tertiary/aromatic N) is 2. The van der Waals surface area contributed by atoms with Gasteiger partial charge in [-0.05, 0) is 24.4 Å². The highest BCUT2D eigenvalue weighted by molar-refractivity contribution is 7.17. The molecule has 0 spiro atoms. The zero-order valence-electron chi connectivity index (χ0n) is 14.9. The summed E-state index contributed by atoms with van der Waals surface area (Å²) in [6.45, 7) is 2.05. The number of hydrazone groups is 1.